The number of nitrogens with one attached hydrogen (secondary N) is 3. The number of hydrogen-bond donors (Lipinski definition) is 3. The highest BCUT2D eigenvalue weighted by atomic mass is 32.2. The largest absolute Gasteiger partial charge is 0.388 e. The smallest absolute Gasteiger partial charge is 0.241 e. The summed E-state index contributed by atoms with van der Waals surface area (Å²) in [7, 11) is -1.74. The van der Waals surface area contributed by atoms with E-state index in [0.29, 0.717) is 28.3 Å². The highest BCUT2D eigenvalue weighted by molar-refractivity contribution is 7.89. The van der Waals surface area contributed by atoms with Crippen LogP contribution in [-0.2, 0) is 16.4 Å². The summed E-state index contributed by atoms with van der Waals surface area (Å²) in [5.74, 6) is 0.650. The van der Waals surface area contributed by atoms with Gasteiger partial charge in [-0.3, -0.25) is 5.10 Å². The number of benzene rings is 1. The zero-order valence-corrected chi connectivity index (χ0v) is 13.1. The fourth-order valence-electron chi connectivity index (χ4n) is 2.25. The summed E-state index contributed by atoms with van der Waals surface area (Å²) >= 11 is 0. The van der Waals surface area contributed by atoms with Crippen molar-refractivity contribution in [3.63, 3.8) is 0 Å². The normalized spacial score (nSPS) is 11.6. The third-order valence-electron chi connectivity index (χ3n) is 3.14. The van der Waals surface area contributed by atoms with Crippen LogP contribution in [0.3, 0.4) is 0 Å². The predicted octanol–water partition coefficient (Wildman–Crippen LogP) is 0.984. The van der Waals surface area contributed by atoms with Gasteiger partial charge in [0, 0.05) is 25.7 Å². The van der Waals surface area contributed by atoms with Gasteiger partial charge >= 0.3 is 0 Å². The second kappa shape index (κ2) is 6.23. The van der Waals surface area contributed by atoms with Gasteiger partial charge in [0.1, 0.15) is 12.2 Å². The highest BCUT2D eigenvalue weighted by Crippen LogP contribution is 2.24. The minimum atomic E-state index is -3.54. The number of anilines is 1. The van der Waals surface area contributed by atoms with Crippen molar-refractivity contribution in [2.24, 2.45) is 0 Å². The maximum absolute atomic E-state index is 12.4. The lowest BCUT2D eigenvalue weighted by Crippen LogP contribution is -2.27. The molecular weight excluding hydrogens is 290 g/mol. The number of hydrogen-bond acceptors (Lipinski definition) is 5. The first-order valence-electron chi connectivity index (χ1n) is 6.57. The Morgan fingerprint density at radius 2 is 1.90 bits per heavy atom. The van der Waals surface area contributed by atoms with Crippen LogP contribution in [0, 0.1) is 13.8 Å². The molecule has 0 aliphatic carbocycles. The van der Waals surface area contributed by atoms with Gasteiger partial charge in [0.15, 0.2) is 0 Å². The second-order valence-electron chi connectivity index (χ2n) is 4.77. The van der Waals surface area contributed by atoms with Gasteiger partial charge in [-0.15, -0.1) is 0 Å². The fraction of sp³-hybridized carbons (Fsp3) is 0.385. The molecule has 1 aromatic heterocycles. The Hall–Kier alpha value is -1.93. The molecule has 1 heterocycles. The van der Waals surface area contributed by atoms with E-state index < -0.39 is 10.0 Å². The van der Waals surface area contributed by atoms with Gasteiger partial charge in [-0.25, -0.2) is 18.1 Å². The topological polar surface area (TPSA) is 99.8 Å². The van der Waals surface area contributed by atoms with Gasteiger partial charge in [-0.2, -0.15) is 5.10 Å². The molecule has 0 aliphatic heterocycles. The SMILES string of the molecule is CNc1cc(C)c(S(=O)(=O)NCCc2ncn[nH]2)c(C)c1. The standard InChI is InChI=1S/C13H19N5O2S/c1-9-6-11(14-3)7-10(2)13(9)21(19,20)17-5-4-12-15-8-16-18-12/h6-8,14,17H,4-5H2,1-3H3,(H,15,16,18). The van der Waals surface area contributed by atoms with Crippen molar-refractivity contribution < 1.29 is 8.42 Å². The number of aryl methyl sites for hydroxylation is 2. The van der Waals surface area contributed by atoms with Gasteiger partial charge in [-0.05, 0) is 37.1 Å². The lowest BCUT2D eigenvalue weighted by Gasteiger charge is -2.13. The minimum absolute atomic E-state index is 0.268. The molecule has 0 fully saturated rings. The average molecular weight is 309 g/mol. The maximum Gasteiger partial charge on any atom is 0.241 e. The van der Waals surface area contributed by atoms with E-state index in [1.54, 1.807) is 20.9 Å². The molecule has 114 valence electrons. The van der Waals surface area contributed by atoms with E-state index in [1.807, 2.05) is 12.1 Å². The monoisotopic (exact) mass is 309 g/mol. The summed E-state index contributed by atoms with van der Waals surface area (Å²) in [6, 6.07) is 3.63. The number of H-pyrrole nitrogens is 1. The summed E-state index contributed by atoms with van der Waals surface area (Å²) in [4.78, 5) is 4.29. The summed E-state index contributed by atoms with van der Waals surface area (Å²) in [6.07, 6.45) is 1.86. The molecule has 2 aromatic rings. The molecular formula is C13H19N5O2S. The van der Waals surface area contributed by atoms with Crippen LogP contribution in [0.1, 0.15) is 17.0 Å². The Morgan fingerprint density at radius 3 is 2.43 bits per heavy atom. The molecule has 0 radical (unpaired) electrons. The van der Waals surface area contributed by atoms with Gasteiger partial charge in [0.2, 0.25) is 10.0 Å². The van der Waals surface area contributed by atoms with Gasteiger partial charge in [-0.1, -0.05) is 0 Å². The summed E-state index contributed by atoms with van der Waals surface area (Å²) < 4.78 is 27.4. The van der Waals surface area contributed by atoms with E-state index in [9.17, 15) is 8.42 Å². The van der Waals surface area contributed by atoms with E-state index in [0.717, 1.165) is 5.69 Å². The number of aromatic amines is 1. The lowest BCUT2D eigenvalue weighted by atomic mass is 10.1. The van der Waals surface area contributed by atoms with Crippen LogP contribution in [0.15, 0.2) is 23.4 Å². The lowest BCUT2D eigenvalue weighted by molar-refractivity contribution is 0.579. The Morgan fingerprint density at radius 1 is 1.24 bits per heavy atom. The van der Waals surface area contributed by atoms with Gasteiger partial charge in [0.25, 0.3) is 0 Å². The van der Waals surface area contributed by atoms with Crippen LogP contribution in [-0.4, -0.2) is 37.2 Å². The molecule has 0 unspecified atom stereocenters. The molecule has 8 heteroatoms. The van der Waals surface area contributed by atoms with Crippen molar-refractivity contribution in [3.8, 4) is 0 Å². The number of aromatic nitrogens is 3. The first-order chi connectivity index (χ1) is 9.94. The Bertz CT molecular complexity index is 687. The molecule has 0 spiro atoms. The molecule has 0 saturated carbocycles. The Kier molecular flexibility index (Phi) is 4.59. The average Bonchev–Trinajstić information content (AvgIpc) is 2.90. The van der Waals surface area contributed by atoms with Crippen LogP contribution in [0.25, 0.3) is 0 Å². The number of rotatable bonds is 6. The quantitative estimate of drug-likeness (QED) is 0.739. The van der Waals surface area contributed by atoms with Crippen molar-refractivity contribution in [3.05, 3.63) is 35.4 Å². The van der Waals surface area contributed by atoms with Crippen molar-refractivity contribution in [1.82, 2.24) is 19.9 Å². The van der Waals surface area contributed by atoms with E-state index in [2.05, 4.69) is 25.2 Å². The van der Waals surface area contributed by atoms with E-state index in [1.165, 1.54) is 6.33 Å². The summed E-state index contributed by atoms with van der Waals surface area (Å²) in [5.41, 5.74) is 2.32. The molecule has 3 N–H and O–H groups in total. The maximum atomic E-state index is 12.4. The van der Waals surface area contributed by atoms with Crippen LogP contribution < -0.4 is 10.0 Å². The molecule has 21 heavy (non-hydrogen) atoms. The molecule has 7 nitrogen and oxygen atoms in total. The van der Waals surface area contributed by atoms with Crippen LogP contribution in [0.5, 0.6) is 0 Å². The van der Waals surface area contributed by atoms with Gasteiger partial charge in [0.05, 0.1) is 4.90 Å². The highest BCUT2D eigenvalue weighted by Gasteiger charge is 2.19. The second-order valence-corrected chi connectivity index (χ2v) is 6.47. The van der Waals surface area contributed by atoms with Crippen LogP contribution in [0.4, 0.5) is 5.69 Å². The molecule has 0 saturated heterocycles. The van der Waals surface area contributed by atoms with Crippen molar-refractivity contribution in [1.29, 1.82) is 0 Å². The van der Waals surface area contributed by atoms with E-state index in [4.69, 9.17) is 0 Å². The van der Waals surface area contributed by atoms with E-state index >= 15 is 0 Å². The fourth-order valence-corrected chi connectivity index (χ4v) is 3.73. The molecule has 2 rings (SSSR count). The zero-order chi connectivity index (χ0) is 15.5. The first-order valence-corrected chi connectivity index (χ1v) is 8.05. The van der Waals surface area contributed by atoms with Crippen LogP contribution >= 0.6 is 0 Å². The van der Waals surface area contributed by atoms with Crippen LogP contribution in [0.2, 0.25) is 0 Å². The predicted molar refractivity (Wildman–Crippen MR) is 80.7 cm³/mol. The minimum Gasteiger partial charge on any atom is -0.388 e. The number of nitrogens with zero attached hydrogens (tertiary/aromatic N) is 2. The molecule has 0 amide bonds. The Labute approximate surface area is 124 Å². The zero-order valence-electron chi connectivity index (χ0n) is 12.3. The Balaban J connectivity index is 2.15. The third-order valence-corrected chi connectivity index (χ3v) is 4.90. The molecule has 0 bridgehead atoms. The molecule has 0 atom stereocenters. The van der Waals surface area contributed by atoms with Crippen molar-refractivity contribution in [2.75, 3.05) is 18.9 Å². The van der Waals surface area contributed by atoms with E-state index in [-0.39, 0.29) is 6.54 Å². The third kappa shape index (κ3) is 3.59. The number of sulfonamides is 1. The van der Waals surface area contributed by atoms with Gasteiger partial charge < -0.3 is 5.32 Å². The van der Waals surface area contributed by atoms with Crippen molar-refractivity contribution in [2.45, 2.75) is 25.2 Å². The van der Waals surface area contributed by atoms with Crippen molar-refractivity contribution >= 4 is 15.7 Å². The molecule has 1 aromatic carbocycles. The summed E-state index contributed by atoms with van der Waals surface area (Å²) in [5, 5.41) is 9.43. The summed E-state index contributed by atoms with van der Waals surface area (Å²) in [6.45, 7) is 3.85. The molecule has 0 aliphatic rings. The first kappa shape index (κ1) is 15.5.